The van der Waals surface area contributed by atoms with Gasteiger partial charge in [0.2, 0.25) is 0 Å². The molecule has 100 valence electrons. The van der Waals surface area contributed by atoms with Gasteiger partial charge in [-0.2, -0.15) is 10.4 Å². The fourth-order valence-corrected chi connectivity index (χ4v) is 2.57. The van der Waals surface area contributed by atoms with Crippen LogP contribution in [0.1, 0.15) is 17.2 Å². The molecule has 0 aromatic heterocycles. The topological polar surface area (TPSA) is 48.5 Å². The molecule has 1 heterocycles. The van der Waals surface area contributed by atoms with Gasteiger partial charge in [-0.05, 0) is 11.1 Å². The van der Waals surface area contributed by atoms with Gasteiger partial charge in [0.25, 0.3) is 0 Å². The second-order valence-electron chi connectivity index (χ2n) is 4.60. The van der Waals surface area contributed by atoms with Crippen molar-refractivity contribution < 1.29 is 0 Å². The molecule has 0 spiro atoms. The van der Waals surface area contributed by atoms with E-state index in [0.29, 0.717) is 5.57 Å². The number of rotatable bonds is 2. The van der Waals surface area contributed by atoms with E-state index in [4.69, 9.17) is 12.2 Å². The fraction of sp³-hybridized carbons (Fsp3) is 0.0588. The maximum absolute atomic E-state index is 9.46. The second-order valence-corrected chi connectivity index (χ2v) is 4.99. The molecule has 0 fully saturated rings. The molecule has 1 aliphatic rings. The first-order valence-electron chi connectivity index (χ1n) is 6.51. The standard InChI is InChI=1S/C17H11N3S/c18-11-14-15(12-7-3-1-4-8-12)16(19-20-17(14)21)13-9-5-2-6-10-13/h1-10,16H. The van der Waals surface area contributed by atoms with Crippen molar-refractivity contribution in [3.63, 3.8) is 0 Å². The molecule has 0 aliphatic carbocycles. The van der Waals surface area contributed by atoms with E-state index in [1.54, 1.807) is 0 Å². The monoisotopic (exact) mass is 289 g/mol. The van der Waals surface area contributed by atoms with Gasteiger partial charge in [-0.15, -0.1) is 5.11 Å². The molecule has 4 heteroatoms. The Kier molecular flexibility index (Phi) is 3.67. The first-order chi connectivity index (χ1) is 10.3. The van der Waals surface area contributed by atoms with Gasteiger partial charge in [-0.1, -0.05) is 72.9 Å². The Morgan fingerprint density at radius 1 is 0.952 bits per heavy atom. The Morgan fingerprint density at radius 2 is 1.57 bits per heavy atom. The molecule has 0 saturated heterocycles. The van der Waals surface area contributed by atoms with Crippen molar-refractivity contribution in [2.75, 3.05) is 0 Å². The Morgan fingerprint density at radius 3 is 2.19 bits per heavy atom. The highest BCUT2D eigenvalue weighted by Gasteiger charge is 2.27. The van der Waals surface area contributed by atoms with Crippen LogP contribution < -0.4 is 0 Å². The summed E-state index contributed by atoms with van der Waals surface area (Å²) in [6.07, 6.45) is 0. The van der Waals surface area contributed by atoms with Crippen LogP contribution in [-0.2, 0) is 0 Å². The summed E-state index contributed by atoms with van der Waals surface area (Å²) in [4.78, 5) is 0.253. The van der Waals surface area contributed by atoms with Gasteiger partial charge in [-0.3, -0.25) is 0 Å². The zero-order valence-corrected chi connectivity index (χ0v) is 11.9. The lowest BCUT2D eigenvalue weighted by molar-refractivity contribution is 0.854. The van der Waals surface area contributed by atoms with E-state index in [1.807, 2.05) is 60.7 Å². The molecule has 1 unspecified atom stereocenters. The minimum atomic E-state index is -0.296. The molecule has 0 N–H and O–H groups in total. The molecule has 0 saturated carbocycles. The maximum atomic E-state index is 9.46. The first kappa shape index (κ1) is 13.3. The zero-order chi connectivity index (χ0) is 14.7. The molecule has 3 rings (SSSR count). The van der Waals surface area contributed by atoms with Crippen molar-refractivity contribution in [3.8, 4) is 6.07 Å². The maximum Gasteiger partial charge on any atom is 0.166 e. The van der Waals surface area contributed by atoms with Gasteiger partial charge in [0, 0.05) is 5.57 Å². The van der Waals surface area contributed by atoms with Crippen LogP contribution in [0.15, 0.2) is 76.5 Å². The van der Waals surface area contributed by atoms with Crippen molar-refractivity contribution in [1.82, 2.24) is 0 Å². The van der Waals surface area contributed by atoms with Crippen molar-refractivity contribution in [1.29, 1.82) is 5.26 Å². The summed E-state index contributed by atoms with van der Waals surface area (Å²) < 4.78 is 0. The summed E-state index contributed by atoms with van der Waals surface area (Å²) in [5.41, 5.74) is 3.20. The highest BCUT2D eigenvalue weighted by atomic mass is 32.1. The molecular formula is C17H11N3S. The smallest absolute Gasteiger partial charge is 0.166 e. The van der Waals surface area contributed by atoms with Crippen LogP contribution >= 0.6 is 12.2 Å². The normalized spacial score (nSPS) is 17.7. The first-order valence-corrected chi connectivity index (χ1v) is 6.92. The molecule has 0 amide bonds. The molecule has 3 nitrogen and oxygen atoms in total. The van der Waals surface area contributed by atoms with Gasteiger partial charge >= 0.3 is 0 Å². The minimum Gasteiger partial charge on any atom is -0.192 e. The Bertz CT molecular complexity index is 771. The van der Waals surface area contributed by atoms with Crippen LogP contribution in [0.25, 0.3) is 5.57 Å². The number of azo groups is 1. The van der Waals surface area contributed by atoms with E-state index >= 15 is 0 Å². The van der Waals surface area contributed by atoms with Crippen molar-refractivity contribution in [2.45, 2.75) is 6.04 Å². The lowest BCUT2D eigenvalue weighted by Crippen LogP contribution is -2.11. The molecule has 1 aliphatic heterocycles. The van der Waals surface area contributed by atoms with Crippen LogP contribution in [0.3, 0.4) is 0 Å². The molecule has 2 aromatic carbocycles. The van der Waals surface area contributed by atoms with Gasteiger partial charge < -0.3 is 0 Å². The second kappa shape index (κ2) is 5.78. The average molecular weight is 289 g/mol. The van der Waals surface area contributed by atoms with Crippen LogP contribution in [-0.4, -0.2) is 4.99 Å². The SMILES string of the molecule is N#CC1=C(c2ccccc2)C(c2ccccc2)N=NC1=S. The number of nitriles is 1. The van der Waals surface area contributed by atoms with E-state index in [-0.39, 0.29) is 11.0 Å². The molecule has 0 bridgehead atoms. The highest BCUT2D eigenvalue weighted by Crippen LogP contribution is 2.39. The van der Waals surface area contributed by atoms with Crippen molar-refractivity contribution in [3.05, 3.63) is 77.4 Å². The predicted molar refractivity (Wildman–Crippen MR) is 85.6 cm³/mol. The number of thiocarbonyl (C=S) groups is 1. The lowest BCUT2D eigenvalue weighted by atomic mass is 9.89. The van der Waals surface area contributed by atoms with E-state index in [1.165, 1.54) is 0 Å². The number of hydrogen-bond donors (Lipinski definition) is 0. The minimum absolute atomic E-state index is 0.253. The molecule has 2 aromatic rings. The van der Waals surface area contributed by atoms with Crippen LogP contribution in [0.4, 0.5) is 0 Å². The fourth-order valence-electron chi connectivity index (χ4n) is 2.37. The van der Waals surface area contributed by atoms with Gasteiger partial charge in [0.05, 0.1) is 5.57 Å². The van der Waals surface area contributed by atoms with Gasteiger partial charge in [0.1, 0.15) is 12.1 Å². The Balaban J connectivity index is 2.21. The van der Waals surface area contributed by atoms with E-state index in [2.05, 4.69) is 16.3 Å². The third kappa shape index (κ3) is 2.51. The van der Waals surface area contributed by atoms with Crippen LogP contribution in [0.5, 0.6) is 0 Å². The summed E-state index contributed by atoms with van der Waals surface area (Å²) in [5.74, 6) is 0. The predicted octanol–water partition coefficient (Wildman–Crippen LogP) is 4.50. The third-order valence-corrected chi connectivity index (χ3v) is 3.62. The number of nitrogens with zero attached hydrogens (tertiary/aromatic N) is 3. The molecule has 0 radical (unpaired) electrons. The molecular weight excluding hydrogens is 278 g/mol. The summed E-state index contributed by atoms with van der Waals surface area (Å²) in [5, 5.41) is 17.8. The van der Waals surface area contributed by atoms with E-state index in [0.717, 1.165) is 16.7 Å². The average Bonchev–Trinajstić information content (AvgIpc) is 2.56. The summed E-state index contributed by atoms with van der Waals surface area (Å²) >= 11 is 5.17. The van der Waals surface area contributed by atoms with Crippen LogP contribution in [0, 0.1) is 11.3 Å². The zero-order valence-electron chi connectivity index (χ0n) is 11.1. The molecule has 21 heavy (non-hydrogen) atoms. The third-order valence-electron chi connectivity index (χ3n) is 3.33. The largest absolute Gasteiger partial charge is 0.192 e. The summed E-state index contributed by atoms with van der Waals surface area (Å²) in [6.45, 7) is 0. The molecule has 1 atom stereocenters. The number of hydrogen-bond acceptors (Lipinski definition) is 3. The highest BCUT2D eigenvalue weighted by molar-refractivity contribution is 7.80. The lowest BCUT2D eigenvalue weighted by Gasteiger charge is -2.21. The van der Waals surface area contributed by atoms with Crippen LogP contribution in [0.2, 0.25) is 0 Å². The van der Waals surface area contributed by atoms with Gasteiger partial charge in [-0.25, -0.2) is 0 Å². The summed E-state index contributed by atoms with van der Waals surface area (Å²) in [6, 6.07) is 21.5. The van der Waals surface area contributed by atoms with Gasteiger partial charge in [0.15, 0.2) is 4.99 Å². The Hall–Kier alpha value is -2.64. The Labute approximate surface area is 128 Å². The quantitative estimate of drug-likeness (QED) is 0.764. The van der Waals surface area contributed by atoms with E-state index < -0.39 is 0 Å². The number of benzene rings is 2. The van der Waals surface area contributed by atoms with Crippen molar-refractivity contribution in [2.24, 2.45) is 10.2 Å². The van der Waals surface area contributed by atoms with E-state index in [9.17, 15) is 5.26 Å². The summed E-state index contributed by atoms with van der Waals surface area (Å²) in [7, 11) is 0. The van der Waals surface area contributed by atoms with Crippen molar-refractivity contribution >= 4 is 22.8 Å².